The lowest BCUT2D eigenvalue weighted by Gasteiger charge is -2.70. The molecule has 5 rings (SSSR count). The molecule has 1 amide bonds. The Morgan fingerprint density at radius 2 is 2.11 bits per heavy atom. The van der Waals surface area contributed by atoms with Crippen LogP contribution in [0.15, 0.2) is 18.2 Å². The van der Waals surface area contributed by atoms with Crippen LogP contribution >= 0.6 is 23.1 Å². The molecule has 0 unspecified atom stereocenters. The number of ether oxygens (including phenoxy) is 1. The van der Waals surface area contributed by atoms with Crippen molar-refractivity contribution in [2.24, 2.45) is 5.41 Å². The molecule has 142 valence electrons. The second-order valence-electron chi connectivity index (χ2n) is 7.51. The number of amides is 1. The number of hydrogen-bond donors (Lipinski definition) is 1. The van der Waals surface area contributed by atoms with Gasteiger partial charge >= 0.3 is 0 Å². The molecule has 2 bridgehead atoms. The molecule has 3 saturated carbocycles. The van der Waals surface area contributed by atoms with Gasteiger partial charge in [-0.25, -0.2) is 4.39 Å². The van der Waals surface area contributed by atoms with Crippen LogP contribution in [0.3, 0.4) is 0 Å². The van der Waals surface area contributed by atoms with Gasteiger partial charge in [0.25, 0.3) is 5.91 Å². The summed E-state index contributed by atoms with van der Waals surface area (Å²) < 4.78 is 22.5. The van der Waals surface area contributed by atoms with Gasteiger partial charge in [-0.1, -0.05) is 16.1 Å². The van der Waals surface area contributed by atoms with Gasteiger partial charge in [0.2, 0.25) is 0 Å². The van der Waals surface area contributed by atoms with Crippen molar-refractivity contribution < 1.29 is 18.7 Å². The molecule has 27 heavy (non-hydrogen) atoms. The Hall–Kier alpha value is -2.06. The number of carbonyl (C=O) groups is 2. The number of Topliss-reactive ketones (excluding diaryl/α,β-unsaturated/α-hetero) is 1. The first-order valence-electron chi connectivity index (χ1n) is 8.51. The van der Waals surface area contributed by atoms with Crippen molar-refractivity contribution in [3.8, 4) is 5.75 Å². The molecule has 1 aromatic heterocycles. The van der Waals surface area contributed by atoms with Crippen LogP contribution in [-0.2, 0) is 4.79 Å². The smallest absolute Gasteiger partial charge is 0.258 e. The molecule has 1 heterocycles. The molecule has 3 aliphatic rings. The molecule has 3 aliphatic carbocycles. The van der Waals surface area contributed by atoms with Crippen LogP contribution in [0.25, 0.3) is 0 Å². The SMILES string of the molecule is Cc1nnsc1C(=O)CC12CC(NC(=O)COc3ccc(Cl)c(F)c3)(C1)C2. The van der Waals surface area contributed by atoms with Crippen LogP contribution in [-0.4, -0.2) is 33.4 Å². The second kappa shape index (κ2) is 6.53. The Morgan fingerprint density at radius 1 is 1.37 bits per heavy atom. The third kappa shape index (κ3) is 3.43. The number of hydrogen-bond acceptors (Lipinski definition) is 6. The molecular formula is C18H17ClFN3O3S. The highest BCUT2D eigenvalue weighted by atomic mass is 35.5. The van der Waals surface area contributed by atoms with Gasteiger partial charge in [0.05, 0.1) is 10.7 Å². The summed E-state index contributed by atoms with van der Waals surface area (Å²) >= 11 is 6.75. The summed E-state index contributed by atoms with van der Waals surface area (Å²) in [5.41, 5.74) is 0.434. The summed E-state index contributed by atoms with van der Waals surface area (Å²) in [6.07, 6.45) is 2.84. The van der Waals surface area contributed by atoms with Crippen LogP contribution < -0.4 is 10.1 Å². The number of nitrogens with one attached hydrogen (secondary N) is 1. The first-order chi connectivity index (χ1) is 12.8. The number of aryl methyl sites for hydroxylation is 1. The van der Waals surface area contributed by atoms with Gasteiger partial charge in [-0.2, -0.15) is 0 Å². The van der Waals surface area contributed by atoms with Gasteiger partial charge in [-0.05, 0) is 55.3 Å². The lowest BCUT2D eigenvalue weighted by atomic mass is 9.38. The van der Waals surface area contributed by atoms with E-state index in [2.05, 4.69) is 14.9 Å². The summed E-state index contributed by atoms with van der Waals surface area (Å²) in [6.45, 7) is 1.59. The summed E-state index contributed by atoms with van der Waals surface area (Å²) in [7, 11) is 0. The van der Waals surface area contributed by atoms with E-state index in [4.69, 9.17) is 16.3 Å². The zero-order valence-electron chi connectivity index (χ0n) is 14.6. The maximum atomic E-state index is 13.4. The third-order valence-electron chi connectivity index (χ3n) is 5.25. The van der Waals surface area contributed by atoms with Gasteiger partial charge in [0, 0.05) is 18.0 Å². The summed E-state index contributed by atoms with van der Waals surface area (Å²) in [5, 5.41) is 6.87. The number of ketones is 1. The van der Waals surface area contributed by atoms with Gasteiger partial charge in [-0.3, -0.25) is 9.59 Å². The fraction of sp³-hybridized carbons (Fsp3) is 0.444. The van der Waals surface area contributed by atoms with Crippen molar-refractivity contribution in [3.63, 3.8) is 0 Å². The molecule has 9 heteroatoms. The fourth-order valence-electron chi connectivity index (χ4n) is 4.27. The van der Waals surface area contributed by atoms with E-state index in [1.807, 2.05) is 0 Å². The van der Waals surface area contributed by atoms with Gasteiger partial charge in [-0.15, -0.1) is 5.10 Å². The average Bonchev–Trinajstić information content (AvgIpc) is 2.99. The minimum Gasteiger partial charge on any atom is -0.484 e. The van der Waals surface area contributed by atoms with E-state index >= 15 is 0 Å². The number of halogens is 2. The molecule has 0 radical (unpaired) electrons. The Balaban J connectivity index is 1.24. The van der Waals surface area contributed by atoms with E-state index < -0.39 is 5.82 Å². The lowest BCUT2D eigenvalue weighted by Crippen LogP contribution is -2.75. The largest absolute Gasteiger partial charge is 0.484 e. The molecule has 0 aliphatic heterocycles. The number of carbonyl (C=O) groups excluding carboxylic acids is 2. The highest BCUT2D eigenvalue weighted by Gasteiger charge is 2.68. The van der Waals surface area contributed by atoms with Crippen LogP contribution in [0.2, 0.25) is 5.02 Å². The number of nitrogens with zero attached hydrogens (tertiary/aromatic N) is 2. The van der Waals surface area contributed by atoms with Gasteiger partial charge < -0.3 is 10.1 Å². The highest BCUT2D eigenvalue weighted by molar-refractivity contribution is 7.08. The maximum Gasteiger partial charge on any atom is 0.258 e. The van der Waals surface area contributed by atoms with Crippen LogP contribution in [0.5, 0.6) is 5.75 Å². The molecule has 1 aromatic carbocycles. The predicted octanol–water partition coefficient (Wildman–Crippen LogP) is 3.33. The average molecular weight is 410 g/mol. The molecule has 0 spiro atoms. The quantitative estimate of drug-likeness (QED) is 0.709. The number of benzene rings is 1. The molecule has 0 saturated heterocycles. The standard InChI is InChI=1S/C18H17ClFN3O3S/c1-10-16(27-23-22-10)14(24)5-17-7-18(8-17,9-17)21-15(25)6-26-11-2-3-12(19)13(20)4-11/h2-4H,5-9H2,1H3,(H,21,25). The van der Waals surface area contributed by atoms with Crippen molar-refractivity contribution in [1.82, 2.24) is 14.9 Å². The maximum absolute atomic E-state index is 13.4. The van der Waals surface area contributed by atoms with Crippen LogP contribution in [0, 0.1) is 18.2 Å². The minimum absolute atomic E-state index is 0.00446. The minimum atomic E-state index is -0.591. The van der Waals surface area contributed by atoms with E-state index in [0.717, 1.165) is 36.9 Å². The first-order valence-corrected chi connectivity index (χ1v) is 9.66. The van der Waals surface area contributed by atoms with Crippen molar-refractivity contribution in [2.45, 2.75) is 38.1 Å². The molecular weight excluding hydrogens is 393 g/mol. The topological polar surface area (TPSA) is 81.2 Å². The fourth-order valence-corrected chi connectivity index (χ4v) is 4.98. The van der Waals surface area contributed by atoms with Crippen LogP contribution in [0.4, 0.5) is 4.39 Å². The summed E-state index contributed by atoms with van der Waals surface area (Å²) in [4.78, 5) is 25.1. The van der Waals surface area contributed by atoms with Crippen molar-refractivity contribution in [2.75, 3.05) is 6.61 Å². The Labute approximate surface area is 164 Å². The Bertz CT molecular complexity index is 913. The summed E-state index contributed by atoms with van der Waals surface area (Å²) in [6, 6.07) is 4.04. The van der Waals surface area contributed by atoms with E-state index in [-0.39, 0.29) is 40.0 Å². The molecule has 0 atom stereocenters. The Kier molecular flexibility index (Phi) is 4.43. The zero-order chi connectivity index (χ0) is 19.2. The zero-order valence-corrected chi connectivity index (χ0v) is 16.1. The van der Waals surface area contributed by atoms with E-state index in [1.165, 1.54) is 12.1 Å². The van der Waals surface area contributed by atoms with E-state index in [0.29, 0.717) is 17.0 Å². The normalized spacial score (nSPS) is 25.3. The lowest BCUT2D eigenvalue weighted by molar-refractivity contribution is -0.164. The van der Waals surface area contributed by atoms with Crippen LogP contribution in [0.1, 0.15) is 41.0 Å². The Morgan fingerprint density at radius 3 is 2.74 bits per heavy atom. The summed E-state index contributed by atoms with van der Waals surface area (Å²) in [5.74, 6) is -0.519. The molecule has 1 N–H and O–H groups in total. The van der Waals surface area contributed by atoms with Crippen molar-refractivity contribution >= 4 is 34.8 Å². The number of aromatic nitrogens is 2. The van der Waals surface area contributed by atoms with Gasteiger partial charge in [0.15, 0.2) is 12.4 Å². The van der Waals surface area contributed by atoms with E-state index in [1.54, 1.807) is 6.92 Å². The molecule has 2 aromatic rings. The van der Waals surface area contributed by atoms with E-state index in [9.17, 15) is 14.0 Å². The van der Waals surface area contributed by atoms with Gasteiger partial charge in [0.1, 0.15) is 16.4 Å². The second-order valence-corrected chi connectivity index (χ2v) is 8.67. The molecule has 6 nitrogen and oxygen atoms in total. The molecule has 3 fully saturated rings. The highest BCUT2D eigenvalue weighted by Crippen LogP contribution is 2.69. The predicted molar refractivity (Wildman–Crippen MR) is 97.7 cm³/mol. The van der Waals surface area contributed by atoms with Crippen molar-refractivity contribution in [1.29, 1.82) is 0 Å². The monoisotopic (exact) mass is 409 g/mol. The first kappa shape index (κ1) is 18.3. The van der Waals surface area contributed by atoms with Crippen molar-refractivity contribution in [3.05, 3.63) is 39.6 Å². The number of rotatable bonds is 7. The third-order valence-corrected chi connectivity index (χ3v) is 6.42.